The summed E-state index contributed by atoms with van der Waals surface area (Å²) >= 11 is 0. The molecule has 30 heavy (non-hydrogen) atoms. The lowest BCUT2D eigenvalue weighted by molar-refractivity contribution is 0.0594. The second-order valence-corrected chi connectivity index (χ2v) is 7.15. The molecule has 3 aromatic rings. The summed E-state index contributed by atoms with van der Waals surface area (Å²) in [5, 5.41) is 2.87. The summed E-state index contributed by atoms with van der Waals surface area (Å²) < 4.78 is 11.1. The van der Waals surface area contributed by atoms with Gasteiger partial charge in [0.05, 0.1) is 24.1 Å². The van der Waals surface area contributed by atoms with Gasteiger partial charge in [-0.1, -0.05) is 12.1 Å². The first-order chi connectivity index (χ1) is 14.7. The molecule has 0 saturated carbocycles. The van der Waals surface area contributed by atoms with Gasteiger partial charge in [-0.2, -0.15) is 0 Å². The first-order valence-corrected chi connectivity index (χ1v) is 9.95. The summed E-state index contributed by atoms with van der Waals surface area (Å²) in [5.74, 6) is 0.459. The topological polar surface area (TPSA) is 84.7 Å². The van der Waals surface area contributed by atoms with E-state index in [2.05, 4.69) is 10.3 Å². The third-order valence-corrected chi connectivity index (χ3v) is 5.05. The van der Waals surface area contributed by atoms with E-state index in [1.165, 1.54) is 12.5 Å². The van der Waals surface area contributed by atoms with Crippen molar-refractivity contribution in [2.24, 2.45) is 0 Å². The lowest BCUT2D eigenvalue weighted by atomic mass is 10.1. The molecule has 0 spiro atoms. The molecule has 0 aliphatic carbocycles. The van der Waals surface area contributed by atoms with Gasteiger partial charge in [0.2, 0.25) is 0 Å². The Bertz CT molecular complexity index is 981. The zero-order chi connectivity index (χ0) is 20.8. The van der Waals surface area contributed by atoms with Gasteiger partial charge in [-0.15, -0.1) is 0 Å². The van der Waals surface area contributed by atoms with E-state index in [9.17, 15) is 9.59 Å². The minimum Gasteiger partial charge on any atom is -0.490 e. The Morgan fingerprint density at radius 1 is 1.10 bits per heavy atom. The van der Waals surface area contributed by atoms with Gasteiger partial charge in [-0.3, -0.25) is 14.6 Å². The highest BCUT2D eigenvalue weighted by molar-refractivity contribution is 5.94. The largest absolute Gasteiger partial charge is 0.490 e. The van der Waals surface area contributed by atoms with Crippen LogP contribution in [-0.2, 0) is 6.54 Å². The fraction of sp³-hybridized carbons (Fsp3) is 0.261. The van der Waals surface area contributed by atoms with E-state index in [1.807, 2.05) is 35.2 Å². The number of likely N-dealkylation sites (tertiary alicyclic amines) is 1. The van der Waals surface area contributed by atoms with Crippen molar-refractivity contribution in [3.8, 4) is 5.75 Å². The van der Waals surface area contributed by atoms with E-state index in [1.54, 1.807) is 24.4 Å². The van der Waals surface area contributed by atoms with Crippen molar-refractivity contribution in [3.05, 3.63) is 84.1 Å². The van der Waals surface area contributed by atoms with Crippen LogP contribution in [0.15, 0.2) is 71.7 Å². The Morgan fingerprint density at radius 2 is 1.97 bits per heavy atom. The first kappa shape index (κ1) is 19.7. The average molecular weight is 405 g/mol. The zero-order valence-corrected chi connectivity index (χ0v) is 16.5. The van der Waals surface area contributed by atoms with E-state index in [4.69, 9.17) is 9.15 Å². The highest BCUT2D eigenvalue weighted by atomic mass is 16.5. The molecule has 2 amide bonds. The van der Waals surface area contributed by atoms with Crippen LogP contribution in [0.1, 0.15) is 39.3 Å². The number of nitrogens with one attached hydrogen (secondary N) is 1. The maximum Gasteiger partial charge on any atom is 0.257 e. The van der Waals surface area contributed by atoms with Crippen LogP contribution in [-0.4, -0.2) is 40.9 Å². The molecule has 0 bridgehead atoms. The molecule has 1 aliphatic rings. The van der Waals surface area contributed by atoms with Crippen LogP contribution >= 0.6 is 0 Å². The molecule has 0 unspecified atom stereocenters. The van der Waals surface area contributed by atoms with E-state index >= 15 is 0 Å². The SMILES string of the molecule is O=C(NCc1ccccn1)c1cccc(OC2CCN(C(=O)c3ccoc3)CC2)c1. The zero-order valence-electron chi connectivity index (χ0n) is 16.5. The van der Waals surface area contributed by atoms with E-state index in [0.29, 0.717) is 36.5 Å². The number of ether oxygens (including phenoxy) is 1. The Morgan fingerprint density at radius 3 is 2.70 bits per heavy atom. The minimum absolute atomic E-state index is 0.00484. The quantitative estimate of drug-likeness (QED) is 0.680. The van der Waals surface area contributed by atoms with Crippen molar-refractivity contribution in [2.45, 2.75) is 25.5 Å². The number of furan rings is 1. The van der Waals surface area contributed by atoms with Crippen molar-refractivity contribution in [1.82, 2.24) is 15.2 Å². The number of piperidine rings is 1. The van der Waals surface area contributed by atoms with Gasteiger partial charge in [0.1, 0.15) is 18.1 Å². The first-order valence-electron chi connectivity index (χ1n) is 9.95. The Hall–Kier alpha value is -3.61. The highest BCUT2D eigenvalue weighted by Gasteiger charge is 2.25. The normalized spacial score (nSPS) is 14.3. The van der Waals surface area contributed by atoms with Gasteiger partial charge in [-0.25, -0.2) is 0 Å². The van der Waals surface area contributed by atoms with Crippen LogP contribution < -0.4 is 10.1 Å². The molecule has 4 rings (SSSR count). The highest BCUT2D eigenvalue weighted by Crippen LogP contribution is 2.21. The Labute approximate surface area is 174 Å². The summed E-state index contributed by atoms with van der Waals surface area (Å²) in [4.78, 5) is 30.8. The molecule has 0 radical (unpaired) electrons. The van der Waals surface area contributed by atoms with Crippen molar-refractivity contribution in [1.29, 1.82) is 0 Å². The minimum atomic E-state index is -0.174. The number of hydrogen-bond acceptors (Lipinski definition) is 5. The molecule has 1 aliphatic heterocycles. The maximum absolute atomic E-state index is 12.4. The third kappa shape index (κ3) is 4.86. The molecule has 154 valence electrons. The van der Waals surface area contributed by atoms with Crippen molar-refractivity contribution in [3.63, 3.8) is 0 Å². The molecule has 3 heterocycles. The van der Waals surface area contributed by atoms with Crippen LogP contribution in [0.3, 0.4) is 0 Å². The van der Waals surface area contributed by atoms with Crippen LogP contribution in [0.4, 0.5) is 0 Å². The smallest absolute Gasteiger partial charge is 0.257 e. The van der Waals surface area contributed by atoms with Gasteiger partial charge < -0.3 is 19.4 Å². The number of amides is 2. The number of benzene rings is 1. The second-order valence-electron chi connectivity index (χ2n) is 7.15. The predicted molar refractivity (Wildman–Crippen MR) is 110 cm³/mol. The second kappa shape index (κ2) is 9.26. The molecule has 0 atom stereocenters. The summed E-state index contributed by atoms with van der Waals surface area (Å²) in [5.41, 5.74) is 1.91. The molecule has 1 N–H and O–H groups in total. The van der Waals surface area contributed by atoms with Crippen LogP contribution in [0.25, 0.3) is 0 Å². The lowest BCUT2D eigenvalue weighted by Gasteiger charge is -2.32. The number of carbonyl (C=O) groups excluding carboxylic acids is 2. The molecule has 7 nitrogen and oxygen atoms in total. The summed E-state index contributed by atoms with van der Waals surface area (Å²) in [6.45, 7) is 1.62. The number of rotatable bonds is 6. The molecular weight excluding hydrogens is 382 g/mol. The number of nitrogens with zero attached hydrogens (tertiary/aromatic N) is 2. The summed E-state index contributed by atoms with van der Waals surface area (Å²) in [6, 6.07) is 14.4. The average Bonchev–Trinajstić information content (AvgIpc) is 3.33. The number of pyridine rings is 1. The van der Waals surface area contributed by atoms with Crippen LogP contribution in [0.2, 0.25) is 0 Å². The van der Waals surface area contributed by atoms with Gasteiger partial charge in [0, 0.05) is 37.7 Å². The van der Waals surface area contributed by atoms with Gasteiger partial charge in [-0.05, 0) is 36.4 Å². The monoisotopic (exact) mass is 405 g/mol. The van der Waals surface area contributed by atoms with E-state index < -0.39 is 0 Å². The van der Waals surface area contributed by atoms with Crippen LogP contribution in [0.5, 0.6) is 5.75 Å². The maximum atomic E-state index is 12.4. The number of carbonyl (C=O) groups is 2. The van der Waals surface area contributed by atoms with Gasteiger partial charge in [0.25, 0.3) is 11.8 Å². The van der Waals surface area contributed by atoms with Crippen molar-refractivity contribution >= 4 is 11.8 Å². The molecule has 2 aromatic heterocycles. The summed E-state index contributed by atoms with van der Waals surface area (Å²) in [7, 11) is 0. The molecular formula is C23H23N3O4. The van der Waals surface area contributed by atoms with Crippen molar-refractivity contribution in [2.75, 3.05) is 13.1 Å². The third-order valence-electron chi connectivity index (χ3n) is 5.05. The molecule has 7 heteroatoms. The van der Waals surface area contributed by atoms with Crippen molar-refractivity contribution < 1.29 is 18.7 Å². The van der Waals surface area contributed by atoms with E-state index in [0.717, 1.165) is 18.5 Å². The number of aromatic nitrogens is 1. The lowest BCUT2D eigenvalue weighted by Crippen LogP contribution is -2.41. The fourth-order valence-corrected chi connectivity index (χ4v) is 3.42. The number of hydrogen-bond donors (Lipinski definition) is 1. The van der Waals surface area contributed by atoms with Crippen LogP contribution in [0, 0.1) is 0 Å². The predicted octanol–water partition coefficient (Wildman–Crippen LogP) is 3.29. The Kier molecular flexibility index (Phi) is 6.08. The molecule has 1 aromatic carbocycles. The van der Waals surface area contributed by atoms with Gasteiger partial charge in [0.15, 0.2) is 0 Å². The Balaban J connectivity index is 1.29. The fourth-order valence-electron chi connectivity index (χ4n) is 3.42. The summed E-state index contributed by atoms with van der Waals surface area (Å²) in [6.07, 6.45) is 6.15. The van der Waals surface area contributed by atoms with Gasteiger partial charge >= 0.3 is 0 Å². The standard InChI is InChI=1S/C23H23N3O4/c27-22(25-15-19-5-1-2-10-24-19)17-4-3-6-21(14-17)30-20-7-11-26(12-8-20)23(28)18-9-13-29-16-18/h1-6,9-10,13-14,16,20H,7-8,11-12,15H2,(H,25,27). The molecule has 1 saturated heterocycles. The molecule has 1 fully saturated rings. The van der Waals surface area contributed by atoms with E-state index in [-0.39, 0.29) is 17.9 Å².